The zero-order valence-electron chi connectivity index (χ0n) is 8.47. The van der Waals surface area contributed by atoms with Crippen molar-refractivity contribution in [3.63, 3.8) is 0 Å². The molecule has 1 aromatic rings. The molecule has 1 aliphatic rings. The van der Waals surface area contributed by atoms with Gasteiger partial charge in [0, 0.05) is 12.0 Å². The standard InChI is InChI=1S/C11H11NO4/c13-10(11(14)15)12-8-5-6-16-9-4-2-1-3-7(8)9/h1-4,8H,5-6H2,(H,12,13)(H,14,15). The number of carbonyl (C=O) groups is 2. The quantitative estimate of drug-likeness (QED) is 0.685. The number of amides is 1. The third-order valence-corrected chi connectivity index (χ3v) is 2.46. The van der Waals surface area contributed by atoms with Crippen molar-refractivity contribution in [2.24, 2.45) is 0 Å². The van der Waals surface area contributed by atoms with Crippen LogP contribution in [0.5, 0.6) is 5.75 Å². The van der Waals surface area contributed by atoms with Gasteiger partial charge in [-0.3, -0.25) is 4.79 Å². The minimum absolute atomic E-state index is 0.284. The number of carboxylic acid groups (broad SMARTS) is 1. The van der Waals surface area contributed by atoms with Crippen LogP contribution >= 0.6 is 0 Å². The van der Waals surface area contributed by atoms with Gasteiger partial charge < -0.3 is 15.2 Å². The molecular formula is C11H11NO4. The van der Waals surface area contributed by atoms with Gasteiger partial charge in [0.15, 0.2) is 0 Å². The Morgan fingerprint density at radius 2 is 2.12 bits per heavy atom. The highest BCUT2D eigenvalue weighted by molar-refractivity contribution is 6.31. The van der Waals surface area contributed by atoms with E-state index in [2.05, 4.69) is 5.32 Å². The molecule has 1 unspecified atom stereocenters. The zero-order valence-corrected chi connectivity index (χ0v) is 8.47. The number of benzene rings is 1. The van der Waals surface area contributed by atoms with Crippen molar-refractivity contribution in [3.8, 4) is 5.75 Å². The molecule has 1 atom stereocenters. The lowest BCUT2D eigenvalue weighted by Gasteiger charge is -2.25. The van der Waals surface area contributed by atoms with E-state index < -0.39 is 11.9 Å². The number of aliphatic carboxylic acids is 1. The minimum atomic E-state index is -1.47. The fourth-order valence-electron chi connectivity index (χ4n) is 1.71. The van der Waals surface area contributed by atoms with Gasteiger partial charge in [-0.25, -0.2) is 4.79 Å². The summed E-state index contributed by atoms with van der Waals surface area (Å²) in [6.45, 7) is 0.474. The predicted octanol–water partition coefficient (Wildman–Crippen LogP) is 0.711. The summed E-state index contributed by atoms with van der Waals surface area (Å²) in [5.74, 6) is -1.75. The first-order chi connectivity index (χ1) is 7.68. The van der Waals surface area contributed by atoms with E-state index in [-0.39, 0.29) is 6.04 Å². The van der Waals surface area contributed by atoms with Gasteiger partial charge in [0.25, 0.3) is 0 Å². The number of carbonyl (C=O) groups excluding carboxylic acids is 1. The predicted molar refractivity (Wildman–Crippen MR) is 55.1 cm³/mol. The summed E-state index contributed by atoms with van der Waals surface area (Å²) >= 11 is 0. The van der Waals surface area contributed by atoms with E-state index in [9.17, 15) is 9.59 Å². The van der Waals surface area contributed by atoms with Gasteiger partial charge in [-0.15, -0.1) is 0 Å². The molecule has 0 fully saturated rings. The maximum absolute atomic E-state index is 11.1. The molecule has 0 spiro atoms. The summed E-state index contributed by atoms with van der Waals surface area (Å²) in [7, 11) is 0. The van der Waals surface area contributed by atoms with Crippen LogP contribution in [0, 0.1) is 0 Å². The molecule has 16 heavy (non-hydrogen) atoms. The van der Waals surface area contributed by atoms with Crippen LogP contribution in [0.15, 0.2) is 24.3 Å². The van der Waals surface area contributed by atoms with E-state index >= 15 is 0 Å². The molecule has 0 saturated carbocycles. The van der Waals surface area contributed by atoms with Crippen LogP contribution in [0.25, 0.3) is 0 Å². The van der Waals surface area contributed by atoms with E-state index in [1.54, 1.807) is 6.07 Å². The molecule has 0 aliphatic carbocycles. The Labute approximate surface area is 92.0 Å². The highest BCUT2D eigenvalue weighted by atomic mass is 16.5. The Morgan fingerprint density at radius 1 is 1.38 bits per heavy atom. The fourth-order valence-corrected chi connectivity index (χ4v) is 1.71. The first-order valence-corrected chi connectivity index (χ1v) is 4.94. The van der Waals surface area contributed by atoms with Crippen molar-refractivity contribution in [2.75, 3.05) is 6.61 Å². The molecule has 1 heterocycles. The first-order valence-electron chi connectivity index (χ1n) is 4.94. The Balaban J connectivity index is 2.19. The lowest BCUT2D eigenvalue weighted by Crippen LogP contribution is -2.36. The smallest absolute Gasteiger partial charge is 0.394 e. The van der Waals surface area contributed by atoms with E-state index in [1.807, 2.05) is 18.2 Å². The molecule has 2 N–H and O–H groups in total. The monoisotopic (exact) mass is 221 g/mol. The van der Waals surface area contributed by atoms with Gasteiger partial charge in [-0.1, -0.05) is 18.2 Å². The van der Waals surface area contributed by atoms with Crippen molar-refractivity contribution < 1.29 is 19.4 Å². The summed E-state index contributed by atoms with van der Waals surface area (Å²) in [5, 5.41) is 11.0. The number of fused-ring (bicyclic) bond motifs is 1. The second kappa shape index (κ2) is 4.22. The molecule has 1 aliphatic heterocycles. The molecular weight excluding hydrogens is 210 g/mol. The van der Waals surface area contributed by atoms with Crippen LogP contribution in [0.2, 0.25) is 0 Å². The van der Waals surface area contributed by atoms with Gasteiger partial charge in [-0.2, -0.15) is 0 Å². The van der Waals surface area contributed by atoms with Crippen molar-refractivity contribution in [2.45, 2.75) is 12.5 Å². The highest BCUT2D eigenvalue weighted by Gasteiger charge is 2.24. The average Bonchev–Trinajstić information content (AvgIpc) is 2.29. The van der Waals surface area contributed by atoms with Gasteiger partial charge in [0.05, 0.1) is 12.6 Å². The van der Waals surface area contributed by atoms with Crippen LogP contribution in [0.1, 0.15) is 18.0 Å². The zero-order chi connectivity index (χ0) is 11.5. The van der Waals surface area contributed by atoms with E-state index in [4.69, 9.17) is 9.84 Å². The average molecular weight is 221 g/mol. The van der Waals surface area contributed by atoms with Crippen LogP contribution in [-0.4, -0.2) is 23.6 Å². The summed E-state index contributed by atoms with van der Waals surface area (Å²) < 4.78 is 5.40. The molecule has 1 aromatic carbocycles. The molecule has 0 radical (unpaired) electrons. The lowest BCUT2D eigenvalue weighted by atomic mass is 10.0. The van der Waals surface area contributed by atoms with Crippen molar-refractivity contribution in [3.05, 3.63) is 29.8 Å². The van der Waals surface area contributed by atoms with E-state index in [1.165, 1.54) is 0 Å². The molecule has 5 nitrogen and oxygen atoms in total. The van der Waals surface area contributed by atoms with Crippen LogP contribution in [0.4, 0.5) is 0 Å². The molecule has 2 rings (SSSR count). The highest BCUT2D eigenvalue weighted by Crippen LogP contribution is 2.31. The molecule has 84 valence electrons. The van der Waals surface area contributed by atoms with Gasteiger partial charge in [-0.05, 0) is 6.07 Å². The molecule has 0 aromatic heterocycles. The fraction of sp³-hybridized carbons (Fsp3) is 0.273. The molecule has 5 heteroatoms. The van der Waals surface area contributed by atoms with Crippen LogP contribution < -0.4 is 10.1 Å². The van der Waals surface area contributed by atoms with Gasteiger partial charge in [0.2, 0.25) is 0 Å². The van der Waals surface area contributed by atoms with Crippen molar-refractivity contribution >= 4 is 11.9 Å². The summed E-state index contributed by atoms with van der Waals surface area (Å²) in [4.78, 5) is 21.5. The SMILES string of the molecule is O=C(O)C(=O)NC1CCOc2ccccc21. The van der Waals surface area contributed by atoms with Crippen molar-refractivity contribution in [1.29, 1.82) is 0 Å². The Kier molecular flexibility index (Phi) is 2.76. The number of hydrogen-bond acceptors (Lipinski definition) is 3. The largest absolute Gasteiger partial charge is 0.493 e. The Bertz CT molecular complexity index is 430. The number of rotatable bonds is 1. The Hall–Kier alpha value is -2.04. The summed E-state index contributed by atoms with van der Waals surface area (Å²) in [5.41, 5.74) is 0.823. The lowest BCUT2D eigenvalue weighted by molar-refractivity contribution is -0.150. The normalized spacial score (nSPS) is 18.1. The number of ether oxygens (including phenoxy) is 1. The summed E-state index contributed by atoms with van der Waals surface area (Å²) in [6.07, 6.45) is 0.579. The van der Waals surface area contributed by atoms with Gasteiger partial charge in [0.1, 0.15) is 5.75 Å². The van der Waals surface area contributed by atoms with E-state index in [0.29, 0.717) is 18.8 Å². The maximum atomic E-state index is 11.1. The van der Waals surface area contributed by atoms with E-state index in [0.717, 1.165) is 5.56 Å². The third kappa shape index (κ3) is 1.98. The molecule has 0 bridgehead atoms. The maximum Gasteiger partial charge on any atom is 0.394 e. The first kappa shape index (κ1) is 10.5. The number of hydrogen-bond donors (Lipinski definition) is 2. The summed E-state index contributed by atoms with van der Waals surface area (Å²) in [6, 6.07) is 7.00. The number of nitrogens with one attached hydrogen (secondary N) is 1. The van der Waals surface area contributed by atoms with Crippen LogP contribution in [0.3, 0.4) is 0 Å². The second-order valence-electron chi connectivity index (χ2n) is 3.51. The minimum Gasteiger partial charge on any atom is -0.493 e. The second-order valence-corrected chi connectivity index (χ2v) is 3.51. The number of para-hydroxylation sites is 1. The Morgan fingerprint density at radius 3 is 2.88 bits per heavy atom. The third-order valence-electron chi connectivity index (χ3n) is 2.46. The van der Waals surface area contributed by atoms with Gasteiger partial charge >= 0.3 is 11.9 Å². The van der Waals surface area contributed by atoms with Crippen molar-refractivity contribution in [1.82, 2.24) is 5.32 Å². The van der Waals surface area contributed by atoms with Crippen LogP contribution in [-0.2, 0) is 9.59 Å². The number of carboxylic acids is 1. The molecule has 0 saturated heterocycles. The topological polar surface area (TPSA) is 75.6 Å². The molecule has 1 amide bonds.